The number of fused-ring (bicyclic) bond motifs is 2. The maximum Gasteiger partial charge on any atom is 0.186 e. The number of rotatable bonds is 3. The number of aromatic nitrogens is 4. The summed E-state index contributed by atoms with van der Waals surface area (Å²) >= 11 is 1.54. The fourth-order valence-corrected chi connectivity index (χ4v) is 5.10. The first kappa shape index (κ1) is 21.0. The number of nitrogens with one attached hydrogen (secondary N) is 1. The summed E-state index contributed by atoms with van der Waals surface area (Å²) in [5.41, 5.74) is 3.58. The van der Waals surface area contributed by atoms with Gasteiger partial charge in [-0.2, -0.15) is 5.10 Å². The summed E-state index contributed by atoms with van der Waals surface area (Å²) in [4.78, 5) is 11.2. The lowest BCUT2D eigenvalue weighted by molar-refractivity contribution is 0.371. The van der Waals surface area contributed by atoms with Crippen molar-refractivity contribution in [1.82, 2.24) is 24.9 Å². The Labute approximate surface area is 184 Å². The van der Waals surface area contributed by atoms with Gasteiger partial charge in [0.15, 0.2) is 16.6 Å². The number of imidazole rings is 1. The van der Waals surface area contributed by atoms with Crippen LogP contribution in [-0.2, 0) is 0 Å². The van der Waals surface area contributed by atoms with E-state index in [0.29, 0.717) is 23.3 Å². The number of hydrogen-bond donors (Lipinski definition) is 1. The van der Waals surface area contributed by atoms with Crippen LogP contribution >= 0.6 is 23.7 Å². The average Bonchev–Trinajstić information content (AvgIpc) is 3.29. The van der Waals surface area contributed by atoms with Crippen LogP contribution in [0.1, 0.15) is 25.5 Å². The van der Waals surface area contributed by atoms with Gasteiger partial charge in [-0.15, -0.1) is 12.4 Å². The van der Waals surface area contributed by atoms with Gasteiger partial charge >= 0.3 is 0 Å². The molecule has 158 valence electrons. The second kappa shape index (κ2) is 8.09. The van der Waals surface area contributed by atoms with Gasteiger partial charge in [0.05, 0.1) is 22.3 Å². The molecule has 4 aromatic rings. The highest BCUT2D eigenvalue weighted by molar-refractivity contribution is 7.22. The molecule has 1 unspecified atom stereocenters. The quantitative estimate of drug-likeness (QED) is 0.503. The second-order valence-corrected chi connectivity index (χ2v) is 8.86. The molecule has 1 fully saturated rings. The summed E-state index contributed by atoms with van der Waals surface area (Å²) in [7, 11) is 2.07. The number of hydrogen-bond acceptors (Lipinski definition) is 6. The van der Waals surface area contributed by atoms with Crippen molar-refractivity contribution in [3.8, 4) is 11.3 Å². The van der Waals surface area contributed by atoms with Crippen LogP contribution in [0.4, 0.5) is 9.52 Å². The predicted octanol–water partition coefficient (Wildman–Crippen LogP) is 4.45. The molecule has 3 aromatic heterocycles. The number of aryl methyl sites for hydroxylation is 1. The van der Waals surface area contributed by atoms with E-state index >= 15 is 0 Å². The second-order valence-electron chi connectivity index (χ2n) is 7.85. The van der Waals surface area contributed by atoms with E-state index in [0.717, 1.165) is 46.1 Å². The first-order valence-corrected chi connectivity index (χ1v) is 10.7. The Balaban J connectivity index is 0.00000218. The molecule has 5 rings (SSSR count). The average molecular weight is 447 g/mol. The molecule has 30 heavy (non-hydrogen) atoms. The molecule has 4 heterocycles. The van der Waals surface area contributed by atoms with Crippen molar-refractivity contribution in [2.24, 2.45) is 0 Å². The summed E-state index contributed by atoms with van der Waals surface area (Å²) < 4.78 is 17.5. The first-order valence-electron chi connectivity index (χ1n) is 9.87. The molecule has 1 aromatic carbocycles. The molecular formula is C21H24ClFN6S. The SMILES string of the molecule is Cc1cn2nc(-c3cc(F)c4nc(N(C)C5CCN[C@@H](C)C5)sc4c3)ccc2n1.Cl. The van der Waals surface area contributed by atoms with E-state index < -0.39 is 0 Å². The van der Waals surface area contributed by atoms with Crippen LogP contribution in [0.25, 0.3) is 27.1 Å². The molecule has 1 N–H and O–H groups in total. The fourth-order valence-electron chi connectivity index (χ4n) is 4.04. The zero-order valence-electron chi connectivity index (χ0n) is 17.1. The van der Waals surface area contributed by atoms with Gasteiger partial charge in [0, 0.05) is 24.7 Å². The lowest BCUT2D eigenvalue weighted by atomic mass is 10.00. The van der Waals surface area contributed by atoms with Crippen molar-refractivity contribution in [1.29, 1.82) is 0 Å². The van der Waals surface area contributed by atoms with E-state index in [-0.39, 0.29) is 18.2 Å². The van der Waals surface area contributed by atoms with Gasteiger partial charge in [-0.3, -0.25) is 0 Å². The van der Waals surface area contributed by atoms with Crippen LogP contribution in [0.15, 0.2) is 30.5 Å². The van der Waals surface area contributed by atoms with Crippen LogP contribution in [0.5, 0.6) is 0 Å². The minimum Gasteiger partial charge on any atom is -0.348 e. The van der Waals surface area contributed by atoms with Gasteiger partial charge in [-0.1, -0.05) is 11.3 Å². The largest absolute Gasteiger partial charge is 0.348 e. The summed E-state index contributed by atoms with van der Waals surface area (Å²) in [6.45, 7) is 5.13. The van der Waals surface area contributed by atoms with Crippen molar-refractivity contribution in [2.45, 2.75) is 38.8 Å². The Morgan fingerprint density at radius 3 is 2.90 bits per heavy atom. The Hall–Kier alpha value is -2.29. The van der Waals surface area contributed by atoms with E-state index in [2.05, 4.69) is 39.3 Å². The third-order valence-corrected chi connectivity index (χ3v) is 6.71. The molecule has 0 bridgehead atoms. The molecule has 9 heteroatoms. The monoisotopic (exact) mass is 446 g/mol. The standard InChI is InChI=1S/C21H23FN6S.ClH/c1-12-8-15(6-7-23-12)27(3)21-25-20-16(22)9-14(10-18(20)29-21)17-4-5-19-24-13(2)11-28(19)26-17;/h4-5,9-12,15,23H,6-8H2,1-3H3;1H/t12-,15?;/m0./s1. The number of anilines is 1. The lowest BCUT2D eigenvalue weighted by Gasteiger charge is -2.34. The zero-order chi connectivity index (χ0) is 20.1. The molecule has 0 spiro atoms. The Morgan fingerprint density at radius 2 is 2.10 bits per heavy atom. The molecule has 0 aliphatic carbocycles. The van der Waals surface area contributed by atoms with Gasteiger partial charge < -0.3 is 10.2 Å². The minimum atomic E-state index is -0.309. The van der Waals surface area contributed by atoms with Crippen LogP contribution < -0.4 is 10.2 Å². The zero-order valence-corrected chi connectivity index (χ0v) is 18.7. The smallest absolute Gasteiger partial charge is 0.186 e. The van der Waals surface area contributed by atoms with Crippen molar-refractivity contribution < 1.29 is 4.39 Å². The molecule has 1 saturated heterocycles. The third kappa shape index (κ3) is 3.75. The first-order chi connectivity index (χ1) is 14.0. The summed E-state index contributed by atoms with van der Waals surface area (Å²) in [5.74, 6) is -0.309. The van der Waals surface area contributed by atoms with Crippen molar-refractivity contribution in [3.63, 3.8) is 0 Å². The summed E-state index contributed by atoms with van der Waals surface area (Å²) in [5, 5.41) is 8.93. The molecule has 0 radical (unpaired) electrons. The van der Waals surface area contributed by atoms with Crippen LogP contribution in [0.3, 0.4) is 0 Å². The number of nitrogens with zero attached hydrogens (tertiary/aromatic N) is 5. The van der Waals surface area contributed by atoms with Crippen LogP contribution in [-0.4, -0.2) is 45.3 Å². The Morgan fingerprint density at radius 1 is 1.27 bits per heavy atom. The normalized spacial score (nSPS) is 19.2. The highest BCUT2D eigenvalue weighted by Crippen LogP contribution is 2.35. The van der Waals surface area contributed by atoms with E-state index in [1.165, 1.54) is 17.4 Å². The molecule has 6 nitrogen and oxygen atoms in total. The predicted molar refractivity (Wildman–Crippen MR) is 122 cm³/mol. The van der Waals surface area contributed by atoms with Gasteiger partial charge in [-0.05, 0) is 57.5 Å². The van der Waals surface area contributed by atoms with Gasteiger partial charge in [-0.25, -0.2) is 18.9 Å². The topological polar surface area (TPSA) is 58.4 Å². The molecule has 0 amide bonds. The number of halogens is 2. The third-order valence-electron chi connectivity index (χ3n) is 5.62. The summed E-state index contributed by atoms with van der Waals surface area (Å²) in [6.07, 6.45) is 4.00. The van der Waals surface area contributed by atoms with Crippen molar-refractivity contribution in [2.75, 3.05) is 18.5 Å². The van der Waals surface area contributed by atoms with Crippen LogP contribution in [0.2, 0.25) is 0 Å². The molecule has 1 aliphatic rings. The van der Waals surface area contributed by atoms with Crippen molar-refractivity contribution in [3.05, 3.63) is 42.0 Å². The Kier molecular flexibility index (Phi) is 5.65. The van der Waals surface area contributed by atoms with Gasteiger partial charge in [0.2, 0.25) is 0 Å². The number of thiazole rings is 1. The van der Waals surface area contributed by atoms with Gasteiger partial charge in [0.25, 0.3) is 0 Å². The van der Waals surface area contributed by atoms with Crippen LogP contribution in [0, 0.1) is 12.7 Å². The highest BCUT2D eigenvalue weighted by atomic mass is 35.5. The maximum atomic E-state index is 14.9. The Bertz CT molecular complexity index is 1210. The van der Waals surface area contributed by atoms with E-state index in [1.54, 1.807) is 4.52 Å². The summed E-state index contributed by atoms with van der Waals surface area (Å²) in [6, 6.07) is 8.20. The minimum absolute atomic E-state index is 0. The maximum absolute atomic E-state index is 14.9. The molecule has 1 aliphatic heterocycles. The molecular weight excluding hydrogens is 423 g/mol. The number of piperidine rings is 1. The highest BCUT2D eigenvalue weighted by Gasteiger charge is 2.24. The van der Waals surface area contributed by atoms with E-state index in [9.17, 15) is 4.39 Å². The van der Waals surface area contributed by atoms with Gasteiger partial charge in [0.1, 0.15) is 5.52 Å². The van der Waals surface area contributed by atoms with Crippen molar-refractivity contribution >= 4 is 44.7 Å². The van der Waals surface area contributed by atoms with E-state index in [4.69, 9.17) is 0 Å². The van der Waals surface area contributed by atoms with E-state index in [1.807, 2.05) is 31.3 Å². The molecule has 2 atom stereocenters. The number of benzene rings is 1. The fraction of sp³-hybridized carbons (Fsp3) is 0.381. The molecule has 0 saturated carbocycles. The lowest BCUT2D eigenvalue weighted by Crippen LogP contribution is -2.45.